The molecule has 1 atom stereocenters. The van der Waals surface area contributed by atoms with Gasteiger partial charge in [-0.25, -0.2) is 4.39 Å². The van der Waals surface area contributed by atoms with Crippen molar-refractivity contribution in [3.63, 3.8) is 0 Å². The lowest BCUT2D eigenvalue weighted by Gasteiger charge is -2.41. The summed E-state index contributed by atoms with van der Waals surface area (Å²) in [5.74, 6) is -0.140. The molecule has 0 aliphatic carbocycles. The van der Waals surface area contributed by atoms with Crippen LogP contribution in [0.5, 0.6) is 0 Å². The molecule has 1 aromatic carbocycles. The molecule has 0 bridgehead atoms. The first-order valence-electron chi connectivity index (χ1n) is 7.76. The molecule has 0 aromatic heterocycles. The Bertz CT molecular complexity index is 478. The minimum absolute atomic E-state index is 0.140. The molecule has 1 aromatic rings. The Hall–Kier alpha value is -1.13. The summed E-state index contributed by atoms with van der Waals surface area (Å²) in [5, 5.41) is 3.38. The van der Waals surface area contributed by atoms with Crippen molar-refractivity contribution in [2.45, 2.75) is 51.8 Å². The van der Waals surface area contributed by atoms with Gasteiger partial charge in [-0.05, 0) is 31.4 Å². The summed E-state index contributed by atoms with van der Waals surface area (Å²) in [7, 11) is 1.74. The van der Waals surface area contributed by atoms with Gasteiger partial charge in [0.15, 0.2) is 0 Å². The molecule has 21 heavy (non-hydrogen) atoms. The predicted molar refractivity (Wildman–Crippen MR) is 85.2 cm³/mol. The average molecular weight is 294 g/mol. The van der Waals surface area contributed by atoms with E-state index in [0.29, 0.717) is 12.6 Å². The maximum atomic E-state index is 14.4. The van der Waals surface area contributed by atoms with Crippen molar-refractivity contribution in [1.29, 1.82) is 0 Å². The molecule has 1 saturated heterocycles. The molecule has 1 N–H and O–H groups in total. The van der Waals surface area contributed by atoms with Crippen LogP contribution in [0.15, 0.2) is 18.2 Å². The number of ether oxygens (including phenoxy) is 1. The summed E-state index contributed by atoms with van der Waals surface area (Å²) in [6.07, 6.45) is 2.05. The summed E-state index contributed by atoms with van der Waals surface area (Å²) in [6, 6.07) is 5.72. The highest BCUT2D eigenvalue weighted by atomic mass is 19.1. The maximum absolute atomic E-state index is 14.4. The molecule has 0 radical (unpaired) electrons. The van der Waals surface area contributed by atoms with Crippen LogP contribution in [0.3, 0.4) is 0 Å². The molecule has 1 aliphatic heterocycles. The van der Waals surface area contributed by atoms with Crippen molar-refractivity contribution >= 4 is 5.69 Å². The Balaban J connectivity index is 2.25. The molecule has 0 spiro atoms. The van der Waals surface area contributed by atoms with Gasteiger partial charge in [-0.15, -0.1) is 0 Å². The molecular weight excluding hydrogens is 267 g/mol. The summed E-state index contributed by atoms with van der Waals surface area (Å²) in [5.41, 5.74) is 1.56. The van der Waals surface area contributed by atoms with Crippen molar-refractivity contribution in [1.82, 2.24) is 5.32 Å². The highest BCUT2D eigenvalue weighted by Gasteiger charge is 2.32. The minimum Gasteiger partial charge on any atom is -0.377 e. The Labute approximate surface area is 127 Å². The number of nitrogens with zero attached hydrogens (tertiary/aromatic N) is 1. The SMILES string of the molecule is COC1(C)CCCN(c2c(F)cccc2CNC(C)C)C1. The van der Waals surface area contributed by atoms with Crippen molar-refractivity contribution in [2.24, 2.45) is 0 Å². The topological polar surface area (TPSA) is 24.5 Å². The van der Waals surface area contributed by atoms with Gasteiger partial charge in [0.25, 0.3) is 0 Å². The number of hydrogen-bond donors (Lipinski definition) is 1. The van der Waals surface area contributed by atoms with Crippen molar-refractivity contribution < 1.29 is 9.13 Å². The van der Waals surface area contributed by atoms with Crippen LogP contribution in [0.2, 0.25) is 0 Å². The number of piperidine rings is 1. The molecule has 3 nitrogen and oxygen atoms in total. The van der Waals surface area contributed by atoms with E-state index >= 15 is 0 Å². The summed E-state index contributed by atoms with van der Waals surface area (Å²) < 4.78 is 20.0. The Morgan fingerprint density at radius 2 is 2.19 bits per heavy atom. The largest absolute Gasteiger partial charge is 0.377 e. The van der Waals surface area contributed by atoms with Gasteiger partial charge >= 0.3 is 0 Å². The number of hydrogen-bond acceptors (Lipinski definition) is 3. The van der Waals surface area contributed by atoms with Crippen LogP contribution in [0.25, 0.3) is 0 Å². The second-order valence-corrected chi connectivity index (χ2v) is 6.46. The summed E-state index contributed by atoms with van der Waals surface area (Å²) >= 11 is 0. The van der Waals surface area contributed by atoms with Gasteiger partial charge in [0, 0.05) is 32.8 Å². The van der Waals surface area contributed by atoms with Crippen molar-refractivity contribution in [3.05, 3.63) is 29.6 Å². The first-order valence-corrected chi connectivity index (χ1v) is 7.76. The van der Waals surface area contributed by atoms with Crippen LogP contribution in [0.4, 0.5) is 10.1 Å². The lowest BCUT2D eigenvalue weighted by atomic mass is 9.93. The Morgan fingerprint density at radius 3 is 2.86 bits per heavy atom. The third kappa shape index (κ3) is 3.95. The quantitative estimate of drug-likeness (QED) is 0.901. The van der Waals surface area contributed by atoms with E-state index < -0.39 is 0 Å². The first-order chi connectivity index (χ1) is 9.95. The van der Waals surface area contributed by atoms with Gasteiger partial charge in [-0.1, -0.05) is 26.0 Å². The number of para-hydroxylation sites is 1. The van der Waals surface area contributed by atoms with E-state index in [1.54, 1.807) is 19.2 Å². The van der Waals surface area contributed by atoms with Crippen LogP contribution in [-0.4, -0.2) is 31.8 Å². The third-order valence-corrected chi connectivity index (χ3v) is 4.24. The predicted octanol–water partition coefficient (Wildman–Crippen LogP) is 3.33. The highest BCUT2D eigenvalue weighted by molar-refractivity contribution is 5.55. The van der Waals surface area contributed by atoms with E-state index in [4.69, 9.17) is 4.74 Å². The number of rotatable bonds is 5. The van der Waals surface area contributed by atoms with E-state index in [1.807, 2.05) is 6.07 Å². The third-order valence-electron chi connectivity index (χ3n) is 4.24. The molecule has 4 heteroatoms. The molecule has 1 aliphatic rings. The number of benzene rings is 1. The van der Waals surface area contributed by atoms with E-state index in [2.05, 4.69) is 31.0 Å². The van der Waals surface area contributed by atoms with Crippen LogP contribution in [-0.2, 0) is 11.3 Å². The molecule has 118 valence electrons. The van der Waals surface area contributed by atoms with E-state index in [0.717, 1.165) is 37.2 Å². The summed E-state index contributed by atoms with van der Waals surface area (Å²) in [4.78, 5) is 2.14. The van der Waals surface area contributed by atoms with E-state index in [9.17, 15) is 4.39 Å². The molecule has 0 amide bonds. The van der Waals surface area contributed by atoms with Crippen LogP contribution in [0, 0.1) is 5.82 Å². The van der Waals surface area contributed by atoms with Crippen LogP contribution >= 0.6 is 0 Å². The van der Waals surface area contributed by atoms with Gasteiger partial charge in [0.1, 0.15) is 5.82 Å². The number of methoxy groups -OCH3 is 1. The van der Waals surface area contributed by atoms with Crippen molar-refractivity contribution in [3.8, 4) is 0 Å². The zero-order valence-corrected chi connectivity index (χ0v) is 13.6. The monoisotopic (exact) mass is 294 g/mol. The molecule has 1 fully saturated rings. The molecule has 1 heterocycles. The van der Waals surface area contributed by atoms with Crippen molar-refractivity contribution in [2.75, 3.05) is 25.1 Å². The molecule has 2 rings (SSSR count). The molecule has 0 saturated carbocycles. The normalized spacial score (nSPS) is 22.9. The zero-order chi connectivity index (χ0) is 15.5. The fourth-order valence-corrected chi connectivity index (χ4v) is 2.93. The van der Waals surface area contributed by atoms with E-state index in [1.165, 1.54) is 0 Å². The number of anilines is 1. The van der Waals surface area contributed by atoms with Gasteiger partial charge in [-0.3, -0.25) is 0 Å². The van der Waals surface area contributed by atoms with E-state index in [-0.39, 0.29) is 11.4 Å². The Morgan fingerprint density at radius 1 is 1.43 bits per heavy atom. The average Bonchev–Trinajstić information content (AvgIpc) is 2.45. The standard InChI is InChI=1S/C17H27FN2O/c1-13(2)19-11-14-7-5-8-15(18)16(14)20-10-6-9-17(3,12-20)21-4/h5,7-8,13,19H,6,9-12H2,1-4H3. The fraction of sp³-hybridized carbons (Fsp3) is 0.647. The molecular formula is C17H27FN2O. The highest BCUT2D eigenvalue weighted by Crippen LogP contribution is 2.32. The summed E-state index contributed by atoms with van der Waals surface area (Å²) in [6.45, 7) is 8.61. The van der Waals surface area contributed by atoms with Gasteiger partial charge in [0.2, 0.25) is 0 Å². The number of halogens is 1. The van der Waals surface area contributed by atoms with Crippen LogP contribution < -0.4 is 10.2 Å². The van der Waals surface area contributed by atoms with Gasteiger partial charge < -0.3 is 15.0 Å². The van der Waals surface area contributed by atoms with Crippen LogP contribution in [0.1, 0.15) is 39.2 Å². The van der Waals surface area contributed by atoms with Gasteiger partial charge in [-0.2, -0.15) is 0 Å². The number of nitrogens with one attached hydrogen (secondary N) is 1. The maximum Gasteiger partial charge on any atom is 0.146 e. The second kappa shape index (κ2) is 6.75. The lowest BCUT2D eigenvalue weighted by molar-refractivity contribution is -0.00480. The minimum atomic E-state index is -0.191. The second-order valence-electron chi connectivity index (χ2n) is 6.46. The van der Waals surface area contributed by atoms with Gasteiger partial charge in [0.05, 0.1) is 11.3 Å². The lowest BCUT2D eigenvalue weighted by Crippen LogP contribution is -2.48. The zero-order valence-electron chi connectivity index (χ0n) is 13.6. The first kappa shape index (κ1) is 16.2. The fourth-order valence-electron chi connectivity index (χ4n) is 2.93. The Kier molecular flexibility index (Phi) is 5.22. The smallest absolute Gasteiger partial charge is 0.146 e. The molecule has 1 unspecified atom stereocenters.